The number of aromatic carboxylic acids is 1. The van der Waals surface area contributed by atoms with Gasteiger partial charge in [0.05, 0.1) is 5.56 Å². The fraction of sp³-hybridized carbons (Fsp3) is 0.364. The Kier molecular flexibility index (Phi) is 6.47. The molecule has 0 heterocycles. The number of nitrogens with one attached hydrogen (secondary N) is 1. The summed E-state index contributed by atoms with van der Waals surface area (Å²) >= 11 is 0. The van der Waals surface area contributed by atoms with E-state index in [-0.39, 0.29) is 18.1 Å². The van der Waals surface area contributed by atoms with Crippen LogP contribution in [0.5, 0.6) is 5.75 Å². The zero-order valence-corrected chi connectivity index (χ0v) is 15.3. The Bertz CT molecular complexity index is 762. The highest BCUT2D eigenvalue weighted by Gasteiger charge is 2.15. The van der Waals surface area contributed by atoms with Crippen molar-refractivity contribution in [1.29, 1.82) is 0 Å². The van der Waals surface area contributed by atoms with E-state index in [9.17, 15) is 9.59 Å². The van der Waals surface area contributed by atoms with Gasteiger partial charge in [0.25, 0.3) is 5.91 Å². The summed E-state index contributed by atoms with van der Waals surface area (Å²) in [6.45, 7) is 0.290. The molecule has 0 aromatic heterocycles. The van der Waals surface area contributed by atoms with Crippen molar-refractivity contribution in [3.05, 3.63) is 65.2 Å². The van der Waals surface area contributed by atoms with Crippen LogP contribution in [0.25, 0.3) is 0 Å². The molecule has 5 heteroatoms. The van der Waals surface area contributed by atoms with Crippen molar-refractivity contribution in [2.45, 2.75) is 44.6 Å². The van der Waals surface area contributed by atoms with Crippen LogP contribution in [0.4, 0.5) is 0 Å². The van der Waals surface area contributed by atoms with Crippen molar-refractivity contribution in [1.82, 2.24) is 5.32 Å². The monoisotopic (exact) mass is 367 g/mol. The maximum atomic E-state index is 11.9. The topological polar surface area (TPSA) is 75.6 Å². The van der Waals surface area contributed by atoms with E-state index in [1.807, 2.05) is 12.1 Å². The third kappa shape index (κ3) is 5.58. The number of carbonyl (C=O) groups is 2. The smallest absolute Gasteiger partial charge is 0.335 e. The number of benzene rings is 2. The fourth-order valence-electron chi connectivity index (χ4n) is 3.44. The van der Waals surface area contributed by atoms with Gasteiger partial charge in [0.1, 0.15) is 5.75 Å². The Balaban J connectivity index is 1.42. The zero-order chi connectivity index (χ0) is 19.1. The number of carboxylic acid groups (broad SMARTS) is 1. The van der Waals surface area contributed by atoms with Gasteiger partial charge in [0, 0.05) is 6.54 Å². The third-order valence-electron chi connectivity index (χ3n) is 5.02. The van der Waals surface area contributed by atoms with Crippen LogP contribution in [-0.4, -0.2) is 23.6 Å². The molecule has 1 aliphatic rings. The minimum atomic E-state index is -0.964. The molecule has 0 bridgehead atoms. The number of hydrogen-bond donors (Lipinski definition) is 2. The molecule has 0 atom stereocenters. The van der Waals surface area contributed by atoms with Crippen molar-refractivity contribution in [2.75, 3.05) is 6.61 Å². The third-order valence-corrected chi connectivity index (χ3v) is 5.02. The molecule has 2 N–H and O–H groups in total. The highest BCUT2D eigenvalue weighted by molar-refractivity contribution is 5.87. The fourth-order valence-corrected chi connectivity index (χ4v) is 3.44. The number of ether oxygens (including phenoxy) is 1. The molecule has 0 unspecified atom stereocenters. The number of amides is 1. The Morgan fingerprint density at radius 2 is 1.63 bits per heavy atom. The van der Waals surface area contributed by atoms with E-state index >= 15 is 0 Å². The van der Waals surface area contributed by atoms with Crippen molar-refractivity contribution in [3.8, 4) is 5.75 Å². The number of hydrogen-bond acceptors (Lipinski definition) is 3. The number of carbonyl (C=O) groups excluding carboxylic acids is 1. The molecule has 0 spiro atoms. The number of rotatable bonds is 7. The summed E-state index contributed by atoms with van der Waals surface area (Å²) in [6, 6.07) is 14.5. The Hall–Kier alpha value is -2.82. The predicted octanol–water partition coefficient (Wildman–Crippen LogP) is 4.13. The van der Waals surface area contributed by atoms with Gasteiger partial charge < -0.3 is 15.2 Å². The zero-order valence-electron chi connectivity index (χ0n) is 15.3. The summed E-state index contributed by atoms with van der Waals surface area (Å²) < 4.78 is 5.56. The molecule has 3 rings (SSSR count). The summed E-state index contributed by atoms with van der Waals surface area (Å²) in [6.07, 6.45) is 6.48. The molecule has 0 radical (unpaired) electrons. The minimum Gasteiger partial charge on any atom is -0.484 e. The molecule has 2 aromatic carbocycles. The highest BCUT2D eigenvalue weighted by Crippen LogP contribution is 2.33. The van der Waals surface area contributed by atoms with Gasteiger partial charge in [0.2, 0.25) is 0 Å². The van der Waals surface area contributed by atoms with Crippen LogP contribution < -0.4 is 10.1 Å². The highest BCUT2D eigenvalue weighted by atomic mass is 16.5. The van der Waals surface area contributed by atoms with Crippen LogP contribution in [-0.2, 0) is 11.3 Å². The van der Waals surface area contributed by atoms with Crippen molar-refractivity contribution in [2.24, 2.45) is 0 Å². The van der Waals surface area contributed by atoms with Crippen molar-refractivity contribution < 1.29 is 19.4 Å². The second kappa shape index (κ2) is 9.21. The average Bonchev–Trinajstić information content (AvgIpc) is 2.72. The van der Waals surface area contributed by atoms with E-state index in [0.29, 0.717) is 18.2 Å². The SMILES string of the molecule is O=C(COc1ccc(C2CCCCC2)cc1)NCc1ccc(C(=O)O)cc1. The molecule has 1 fully saturated rings. The van der Waals surface area contributed by atoms with Gasteiger partial charge in [-0.2, -0.15) is 0 Å². The quantitative estimate of drug-likeness (QED) is 0.772. The first kappa shape index (κ1) is 19.0. The summed E-state index contributed by atoms with van der Waals surface area (Å²) in [5, 5.41) is 11.6. The first-order valence-electron chi connectivity index (χ1n) is 9.43. The predicted molar refractivity (Wildman–Crippen MR) is 103 cm³/mol. The first-order valence-corrected chi connectivity index (χ1v) is 9.43. The Morgan fingerprint density at radius 3 is 2.26 bits per heavy atom. The van der Waals surface area contributed by atoms with E-state index in [1.54, 1.807) is 12.1 Å². The maximum Gasteiger partial charge on any atom is 0.335 e. The average molecular weight is 367 g/mol. The molecule has 0 aliphatic heterocycles. The van der Waals surface area contributed by atoms with Crippen LogP contribution in [0.2, 0.25) is 0 Å². The molecular formula is C22H25NO4. The van der Waals surface area contributed by atoms with Crippen molar-refractivity contribution in [3.63, 3.8) is 0 Å². The standard InChI is InChI=1S/C22H25NO4/c24-21(23-14-16-6-8-19(9-7-16)22(25)26)15-27-20-12-10-18(11-13-20)17-4-2-1-3-5-17/h6-13,17H,1-5,14-15H2,(H,23,24)(H,25,26). The van der Waals surface area contributed by atoms with E-state index in [4.69, 9.17) is 9.84 Å². The molecule has 5 nitrogen and oxygen atoms in total. The van der Waals surface area contributed by atoms with Gasteiger partial charge in [-0.1, -0.05) is 43.5 Å². The van der Waals surface area contributed by atoms with Gasteiger partial charge in [-0.05, 0) is 54.2 Å². The van der Waals surface area contributed by atoms with Gasteiger partial charge in [-0.15, -0.1) is 0 Å². The number of carboxylic acids is 1. The van der Waals surface area contributed by atoms with Gasteiger partial charge >= 0.3 is 5.97 Å². The van der Waals surface area contributed by atoms with Crippen LogP contribution in [0.15, 0.2) is 48.5 Å². The second-order valence-corrected chi connectivity index (χ2v) is 6.97. The molecule has 27 heavy (non-hydrogen) atoms. The lowest BCUT2D eigenvalue weighted by Crippen LogP contribution is -2.28. The summed E-state index contributed by atoms with van der Waals surface area (Å²) in [4.78, 5) is 22.8. The van der Waals surface area contributed by atoms with Crippen LogP contribution >= 0.6 is 0 Å². The molecule has 1 amide bonds. The van der Waals surface area contributed by atoms with E-state index in [2.05, 4.69) is 17.4 Å². The molecule has 1 saturated carbocycles. The normalized spacial score (nSPS) is 14.5. The lowest BCUT2D eigenvalue weighted by atomic mass is 9.84. The molecule has 0 saturated heterocycles. The summed E-state index contributed by atoms with van der Waals surface area (Å²) in [5.74, 6) is 0.168. The largest absolute Gasteiger partial charge is 0.484 e. The van der Waals surface area contributed by atoms with Crippen LogP contribution in [0.1, 0.15) is 59.5 Å². The van der Waals surface area contributed by atoms with E-state index in [1.165, 1.54) is 49.8 Å². The van der Waals surface area contributed by atoms with Gasteiger partial charge in [0.15, 0.2) is 6.61 Å². The lowest BCUT2D eigenvalue weighted by Gasteiger charge is -2.22. The summed E-state index contributed by atoms with van der Waals surface area (Å²) in [7, 11) is 0. The molecule has 2 aromatic rings. The van der Waals surface area contributed by atoms with Crippen LogP contribution in [0, 0.1) is 0 Å². The molecule has 142 valence electrons. The van der Waals surface area contributed by atoms with Gasteiger partial charge in [-0.25, -0.2) is 4.79 Å². The molecule has 1 aliphatic carbocycles. The van der Waals surface area contributed by atoms with Crippen LogP contribution in [0.3, 0.4) is 0 Å². The maximum absolute atomic E-state index is 11.9. The first-order chi connectivity index (χ1) is 13.1. The lowest BCUT2D eigenvalue weighted by molar-refractivity contribution is -0.123. The van der Waals surface area contributed by atoms with E-state index in [0.717, 1.165) is 5.56 Å². The van der Waals surface area contributed by atoms with E-state index < -0.39 is 5.97 Å². The van der Waals surface area contributed by atoms with Crippen molar-refractivity contribution >= 4 is 11.9 Å². The van der Waals surface area contributed by atoms with Gasteiger partial charge in [-0.3, -0.25) is 4.79 Å². The minimum absolute atomic E-state index is 0.0457. The second-order valence-electron chi connectivity index (χ2n) is 6.97. The molecular weight excluding hydrogens is 342 g/mol. The summed E-state index contributed by atoms with van der Waals surface area (Å²) in [5.41, 5.74) is 2.42. The Labute approximate surface area is 159 Å². The Morgan fingerprint density at radius 1 is 0.963 bits per heavy atom.